The third-order valence-electron chi connectivity index (χ3n) is 4.72. The normalized spacial score (nSPS) is 10.4. The van der Waals surface area contributed by atoms with E-state index in [2.05, 4.69) is 108 Å². The molecule has 0 aliphatic rings. The summed E-state index contributed by atoms with van der Waals surface area (Å²) in [5.74, 6) is 0. The van der Waals surface area contributed by atoms with Crippen LogP contribution in [0, 0.1) is 0 Å². The Morgan fingerprint density at radius 1 is 0.571 bits per heavy atom. The Balaban J connectivity index is 0.00000140. The molecule has 0 saturated carbocycles. The molecule has 1 aromatic heterocycles. The van der Waals surface area contributed by atoms with Crippen LogP contribution in [-0.2, 0) is 6.16 Å². The smallest absolute Gasteiger partial charge is 1.00 e. The van der Waals surface area contributed by atoms with Crippen molar-refractivity contribution in [2.75, 3.05) is 0 Å². The fraction of sp³-hybridized carbons (Fsp3) is 0.0417. The van der Waals surface area contributed by atoms with E-state index in [1.54, 1.807) is 0 Å². The summed E-state index contributed by atoms with van der Waals surface area (Å²) in [5, 5.41) is 4.18. The minimum atomic E-state index is -1.84. The third kappa shape index (κ3) is 5.01. The summed E-state index contributed by atoms with van der Waals surface area (Å²) >= 11 is 0. The summed E-state index contributed by atoms with van der Waals surface area (Å²) in [4.78, 5) is 4.67. The zero-order valence-electron chi connectivity index (χ0n) is 16.9. The second-order valence-corrected chi connectivity index (χ2v) is 9.78. The van der Waals surface area contributed by atoms with Crippen molar-refractivity contribution in [1.29, 1.82) is 0 Å². The van der Waals surface area contributed by atoms with Gasteiger partial charge in [-0.15, -0.1) is 0 Å². The Hall–Kier alpha value is -0.834. The number of hydrogen-bond donors (Lipinski definition) is 0. The van der Waals surface area contributed by atoms with Crippen LogP contribution in [0.15, 0.2) is 115 Å². The number of rotatable bonds is 5. The molecular weight excluding hydrogens is 408 g/mol. The summed E-state index contributed by atoms with van der Waals surface area (Å²) in [7, 11) is -1.84. The van der Waals surface area contributed by atoms with Gasteiger partial charge in [0.2, 0.25) is 0 Å². The van der Waals surface area contributed by atoms with Gasteiger partial charge in [0.25, 0.3) is 0 Å². The zero-order valence-corrected chi connectivity index (χ0v) is 20.7. The van der Waals surface area contributed by atoms with Gasteiger partial charge in [0.15, 0.2) is 0 Å². The van der Waals surface area contributed by atoms with E-state index < -0.39 is 7.26 Å². The number of pyridine rings is 1. The minimum Gasteiger partial charge on any atom is -1.00 e. The van der Waals surface area contributed by atoms with Crippen molar-refractivity contribution in [3.05, 3.63) is 121 Å². The third-order valence-corrected chi connectivity index (χ3v) is 9.05. The van der Waals surface area contributed by atoms with Crippen molar-refractivity contribution in [1.82, 2.24) is 4.98 Å². The molecule has 4 aromatic rings. The Kier molecular flexibility index (Phi) is 9.53. The van der Waals surface area contributed by atoms with E-state index in [1.165, 1.54) is 15.9 Å². The van der Waals surface area contributed by atoms with Crippen LogP contribution in [0.1, 0.15) is 7.12 Å². The van der Waals surface area contributed by atoms with Gasteiger partial charge < -0.3 is 13.8 Å². The van der Waals surface area contributed by atoms with E-state index in [-0.39, 0.29) is 65.2 Å². The van der Waals surface area contributed by atoms with Crippen LogP contribution in [0.4, 0.5) is 0 Å². The van der Waals surface area contributed by atoms with Crippen molar-refractivity contribution in [2.45, 2.75) is 6.16 Å². The first-order valence-corrected chi connectivity index (χ1v) is 10.8. The summed E-state index contributed by atoms with van der Waals surface area (Å²) in [6, 6.07) is 39.0. The van der Waals surface area contributed by atoms with Gasteiger partial charge in [0.1, 0.15) is 29.3 Å². The van der Waals surface area contributed by atoms with Gasteiger partial charge in [-0.05, 0) is 48.5 Å². The Morgan fingerprint density at radius 2 is 0.964 bits per heavy atom. The average molecular weight is 430 g/mol. The second kappa shape index (κ2) is 11.4. The molecule has 0 unspecified atom stereocenters. The molecule has 0 saturated heterocycles. The van der Waals surface area contributed by atoms with E-state index >= 15 is 0 Å². The number of benzene rings is 3. The maximum absolute atomic E-state index is 4.67. The average Bonchev–Trinajstić information content (AvgIpc) is 2.75. The van der Waals surface area contributed by atoms with E-state index in [9.17, 15) is 0 Å². The zero-order chi connectivity index (χ0) is 17.7. The molecule has 28 heavy (non-hydrogen) atoms. The van der Waals surface area contributed by atoms with Gasteiger partial charge in [0, 0.05) is 6.20 Å². The Morgan fingerprint density at radius 3 is 1.32 bits per heavy atom. The Bertz CT molecular complexity index is 860. The molecule has 4 heteroatoms. The maximum Gasteiger partial charge on any atom is 1.00 e. The first kappa shape index (κ1) is 23.4. The molecule has 0 atom stereocenters. The van der Waals surface area contributed by atoms with Gasteiger partial charge in [-0.2, -0.15) is 0 Å². The minimum absolute atomic E-state index is 0. The number of halogens is 1. The van der Waals surface area contributed by atoms with Crippen molar-refractivity contribution in [2.24, 2.45) is 0 Å². The molecule has 0 bridgehead atoms. The predicted octanol–water partition coefficient (Wildman–Crippen LogP) is -1.30. The van der Waals surface area contributed by atoms with Crippen molar-refractivity contribution < 1.29 is 65.2 Å². The number of aromatic nitrogens is 1. The molecule has 0 radical (unpaired) electrons. The fourth-order valence-electron chi connectivity index (χ4n) is 3.50. The van der Waals surface area contributed by atoms with Gasteiger partial charge in [-0.1, -0.05) is 60.7 Å². The van der Waals surface area contributed by atoms with Crippen molar-refractivity contribution in [3.63, 3.8) is 0 Å². The van der Waals surface area contributed by atoms with Crippen LogP contribution in [0.2, 0.25) is 0 Å². The van der Waals surface area contributed by atoms with E-state index in [0.29, 0.717) is 0 Å². The molecular formula is C24H22ClKNP. The van der Waals surface area contributed by atoms with Crippen LogP contribution in [0.25, 0.3) is 0 Å². The summed E-state index contributed by atoms with van der Waals surface area (Å²) in [6.07, 6.45) is 2.82. The summed E-state index contributed by atoms with van der Waals surface area (Å²) in [6.45, 7) is 0. The number of hydrogen-bond acceptors (Lipinski definition) is 1. The standard InChI is InChI=1S/C24H21NP.ClH.K.H/c1-4-13-22(14-5-1)26(23-15-6-2-7-16-23,24-17-8-3-9-18-24)20-21-12-10-11-19-25-21;;;/h1-19H,20H2;1H;;/q+1;;+1;-1/p-1. The SMILES string of the molecule is [Cl-].[H-].[K+].c1ccc([P+](Cc2ccccn2)(c2ccccc2)c2ccccc2)cc1. The topological polar surface area (TPSA) is 12.9 Å². The quantitative estimate of drug-likeness (QED) is 0.284. The maximum atomic E-state index is 4.67. The van der Waals surface area contributed by atoms with Crippen LogP contribution in [0.3, 0.4) is 0 Å². The molecule has 0 amide bonds. The monoisotopic (exact) mass is 429 g/mol. The second-order valence-electron chi connectivity index (χ2n) is 6.30. The molecule has 1 nitrogen and oxygen atoms in total. The fourth-order valence-corrected chi connectivity index (χ4v) is 7.66. The summed E-state index contributed by atoms with van der Waals surface area (Å²) < 4.78 is 0. The molecule has 3 aromatic carbocycles. The van der Waals surface area contributed by atoms with Crippen LogP contribution in [0.5, 0.6) is 0 Å². The van der Waals surface area contributed by atoms with Gasteiger partial charge in [-0.25, -0.2) is 0 Å². The molecule has 0 spiro atoms. The molecule has 0 aliphatic heterocycles. The molecule has 0 fully saturated rings. The molecule has 136 valence electrons. The van der Waals surface area contributed by atoms with Crippen LogP contribution < -0.4 is 79.7 Å². The number of nitrogens with zero attached hydrogens (tertiary/aromatic N) is 1. The van der Waals surface area contributed by atoms with Crippen molar-refractivity contribution >= 4 is 23.2 Å². The molecule has 0 N–H and O–H groups in total. The van der Waals surface area contributed by atoms with Gasteiger partial charge in [-0.3, -0.25) is 4.98 Å². The van der Waals surface area contributed by atoms with Crippen LogP contribution >= 0.6 is 7.26 Å². The van der Waals surface area contributed by atoms with E-state index in [1.807, 2.05) is 12.3 Å². The molecule has 1 heterocycles. The molecule has 4 rings (SSSR count). The molecule has 0 aliphatic carbocycles. The first-order chi connectivity index (χ1) is 12.9. The Labute approximate surface area is 218 Å². The van der Waals surface area contributed by atoms with E-state index in [4.69, 9.17) is 0 Å². The van der Waals surface area contributed by atoms with Gasteiger partial charge in [0.05, 0.1) is 5.69 Å². The van der Waals surface area contributed by atoms with Crippen molar-refractivity contribution in [3.8, 4) is 0 Å². The summed E-state index contributed by atoms with van der Waals surface area (Å²) in [5.41, 5.74) is 1.14. The van der Waals surface area contributed by atoms with Crippen LogP contribution in [-0.4, -0.2) is 4.98 Å². The van der Waals surface area contributed by atoms with E-state index in [0.717, 1.165) is 11.9 Å². The largest absolute Gasteiger partial charge is 1.00 e. The first-order valence-electron chi connectivity index (χ1n) is 8.84. The predicted molar refractivity (Wildman–Crippen MR) is 114 cm³/mol. The van der Waals surface area contributed by atoms with Gasteiger partial charge >= 0.3 is 51.4 Å².